The van der Waals surface area contributed by atoms with Crippen molar-refractivity contribution in [3.05, 3.63) is 87.6 Å². The molecule has 0 saturated carbocycles. The van der Waals surface area contributed by atoms with Crippen molar-refractivity contribution in [2.75, 3.05) is 18.4 Å². The molecule has 2 amide bonds. The highest BCUT2D eigenvalue weighted by Crippen LogP contribution is 2.36. The van der Waals surface area contributed by atoms with Gasteiger partial charge in [-0.25, -0.2) is 18.0 Å². The van der Waals surface area contributed by atoms with Crippen molar-refractivity contribution in [2.45, 2.75) is 18.9 Å². The summed E-state index contributed by atoms with van der Waals surface area (Å²) in [5, 5.41) is 2.72. The molecule has 1 saturated heterocycles. The van der Waals surface area contributed by atoms with Crippen LogP contribution in [-0.4, -0.2) is 28.6 Å². The van der Waals surface area contributed by atoms with Gasteiger partial charge in [-0.2, -0.15) is 8.78 Å². The molecule has 5 rings (SSSR count). The molecule has 0 unspecified atom stereocenters. The summed E-state index contributed by atoms with van der Waals surface area (Å²) >= 11 is 0. The summed E-state index contributed by atoms with van der Waals surface area (Å²) in [5.41, 5.74) is 1.19. The number of nitrogens with one attached hydrogen (secondary N) is 1. The number of hydrogen-bond acceptors (Lipinski definition) is 3. The standard InChI is InChI=1S/C24H18F5N3O3/c25-18-19(26)21(28)23(22(29)20(18)27)35-15-6-4-14(5-7-15)30-24(34)31-9-12-8-13(11-31)16-2-1-3-17(33)32(16)10-12/h1-7,12-13H,8-11H2,(H,30,34)/t12-,13+/m0/s1. The van der Waals surface area contributed by atoms with Gasteiger partial charge in [0.05, 0.1) is 0 Å². The van der Waals surface area contributed by atoms with E-state index in [9.17, 15) is 31.5 Å². The van der Waals surface area contributed by atoms with Gasteiger partial charge in [0.1, 0.15) is 5.75 Å². The van der Waals surface area contributed by atoms with E-state index >= 15 is 0 Å². The Bertz CT molecular complexity index is 1350. The van der Waals surface area contributed by atoms with Gasteiger partial charge in [-0.05, 0) is 42.7 Å². The Morgan fingerprint density at radius 2 is 1.51 bits per heavy atom. The Balaban J connectivity index is 1.27. The van der Waals surface area contributed by atoms with Gasteiger partial charge in [0, 0.05) is 43.0 Å². The zero-order chi connectivity index (χ0) is 24.9. The molecule has 35 heavy (non-hydrogen) atoms. The lowest BCUT2D eigenvalue weighted by atomic mass is 9.83. The molecule has 2 aliphatic rings. The van der Waals surface area contributed by atoms with Crippen LogP contribution in [0.15, 0.2) is 47.3 Å². The van der Waals surface area contributed by atoms with Crippen molar-refractivity contribution in [3.63, 3.8) is 0 Å². The zero-order valence-corrected chi connectivity index (χ0v) is 18.0. The first kappa shape index (κ1) is 22.9. The first-order valence-corrected chi connectivity index (χ1v) is 10.8. The smallest absolute Gasteiger partial charge is 0.321 e. The van der Waals surface area contributed by atoms with E-state index in [0.717, 1.165) is 12.1 Å². The minimum atomic E-state index is -2.28. The van der Waals surface area contributed by atoms with E-state index in [-0.39, 0.29) is 29.2 Å². The Morgan fingerprint density at radius 3 is 2.20 bits per heavy atom. The molecule has 2 aromatic carbocycles. The van der Waals surface area contributed by atoms with Gasteiger partial charge in [0.15, 0.2) is 0 Å². The predicted molar refractivity (Wildman–Crippen MR) is 115 cm³/mol. The van der Waals surface area contributed by atoms with Gasteiger partial charge in [0.2, 0.25) is 34.8 Å². The Hall–Kier alpha value is -3.89. The number of anilines is 1. The third-order valence-electron chi connectivity index (χ3n) is 6.26. The van der Waals surface area contributed by atoms with Crippen LogP contribution in [0.1, 0.15) is 18.0 Å². The highest BCUT2D eigenvalue weighted by molar-refractivity contribution is 5.89. The SMILES string of the molecule is O=C(Nc1ccc(Oc2c(F)c(F)c(F)c(F)c2F)cc1)N1C[C@@H]2C[C@H](C1)c1cccc(=O)n1C2. The van der Waals surface area contributed by atoms with Crippen molar-refractivity contribution in [1.82, 2.24) is 9.47 Å². The second-order valence-electron chi connectivity index (χ2n) is 8.56. The molecule has 0 aliphatic carbocycles. The van der Waals surface area contributed by atoms with E-state index in [0.29, 0.717) is 25.3 Å². The monoisotopic (exact) mass is 491 g/mol. The number of likely N-dealkylation sites (tertiary alicyclic amines) is 1. The largest absolute Gasteiger partial charge is 0.451 e. The van der Waals surface area contributed by atoms with Crippen molar-refractivity contribution < 1.29 is 31.5 Å². The van der Waals surface area contributed by atoms with E-state index in [2.05, 4.69) is 5.32 Å². The Labute approximate surface area is 195 Å². The number of piperidine rings is 1. The van der Waals surface area contributed by atoms with E-state index in [1.807, 2.05) is 6.07 Å². The van der Waals surface area contributed by atoms with Gasteiger partial charge in [-0.3, -0.25) is 4.79 Å². The van der Waals surface area contributed by atoms with Gasteiger partial charge in [-0.1, -0.05) is 6.07 Å². The number of benzene rings is 2. The molecule has 6 nitrogen and oxygen atoms in total. The number of pyridine rings is 1. The molecule has 3 aromatic rings. The molecular weight excluding hydrogens is 473 g/mol. The number of amides is 2. The number of halogens is 5. The third-order valence-corrected chi connectivity index (χ3v) is 6.26. The maximum absolute atomic E-state index is 13.8. The van der Waals surface area contributed by atoms with E-state index < -0.39 is 34.8 Å². The zero-order valence-electron chi connectivity index (χ0n) is 18.0. The number of ether oxygens (including phenoxy) is 1. The van der Waals surface area contributed by atoms with Crippen molar-refractivity contribution in [2.24, 2.45) is 5.92 Å². The highest BCUT2D eigenvalue weighted by atomic mass is 19.2. The molecule has 0 radical (unpaired) electrons. The highest BCUT2D eigenvalue weighted by Gasteiger charge is 2.36. The van der Waals surface area contributed by atoms with Crippen LogP contribution in [0.25, 0.3) is 0 Å². The summed E-state index contributed by atoms with van der Waals surface area (Å²) in [7, 11) is 0. The van der Waals surface area contributed by atoms with Gasteiger partial charge in [-0.15, -0.1) is 0 Å². The minimum Gasteiger partial charge on any atom is -0.451 e. The summed E-state index contributed by atoms with van der Waals surface area (Å²) in [5.74, 6) is -12.1. The van der Waals surface area contributed by atoms with Crippen LogP contribution >= 0.6 is 0 Å². The van der Waals surface area contributed by atoms with Crippen LogP contribution in [0.3, 0.4) is 0 Å². The fourth-order valence-electron chi connectivity index (χ4n) is 4.66. The lowest BCUT2D eigenvalue weighted by Crippen LogP contribution is -2.50. The van der Waals surface area contributed by atoms with Crippen LogP contribution in [0, 0.1) is 35.0 Å². The number of rotatable bonds is 3. The average Bonchev–Trinajstić information content (AvgIpc) is 2.86. The Kier molecular flexibility index (Phi) is 5.70. The number of fused-ring (bicyclic) bond motifs is 4. The fraction of sp³-hybridized carbons (Fsp3) is 0.250. The van der Waals surface area contributed by atoms with E-state index in [4.69, 9.17) is 4.74 Å². The van der Waals surface area contributed by atoms with Gasteiger partial charge < -0.3 is 19.5 Å². The molecule has 1 aromatic heterocycles. The normalized spacial score (nSPS) is 18.7. The summed E-state index contributed by atoms with van der Waals surface area (Å²) in [4.78, 5) is 26.7. The number of carbonyl (C=O) groups excluding carboxylic acids is 1. The molecule has 2 aliphatic heterocycles. The second kappa shape index (κ2) is 8.71. The molecule has 1 fully saturated rings. The molecule has 2 bridgehead atoms. The fourth-order valence-corrected chi connectivity index (χ4v) is 4.66. The van der Waals surface area contributed by atoms with Crippen LogP contribution < -0.4 is 15.6 Å². The summed E-state index contributed by atoms with van der Waals surface area (Å²) in [6, 6.07) is 9.96. The molecule has 2 atom stereocenters. The molecule has 3 heterocycles. The molecule has 1 N–H and O–H groups in total. The molecule has 11 heteroatoms. The maximum Gasteiger partial charge on any atom is 0.321 e. The average molecular weight is 491 g/mol. The number of nitrogens with zero attached hydrogens (tertiary/aromatic N) is 2. The number of urea groups is 1. The van der Waals surface area contributed by atoms with Crippen molar-refractivity contribution in [3.8, 4) is 11.5 Å². The lowest BCUT2D eigenvalue weighted by Gasteiger charge is -2.42. The van der Waals surface area contributed by atoms with Crippen molar-refractivity contribution >= 4 is 11.7 Å². The number of carbonyl (C=O) groups is 1. The summed E-state index contributed by atoms with van der Waals surface area (Å²) in [6.07, 6.45) is 0.886. The van der Waals surface area contributed by atoms with Crippen molar-refractivity contribution in [1.29, 1.82) is 0 Å². The summed E-state index contributed by atoms with van der Waals surface area (Å²) in [6.45, 7) is 1.46. The first-order valence-electron chi connectivity index (χ1n) is 10.8. The summed E-state index contributed by atoms with van der Waals surface area (Å²) < 4.78 is 74.2. The number of hydrogen-bond donors (Lipinski definition) is 1. The third kappa shape index (κ3) is 4.11. The minimum absolute atomic E-state index is 0.0409. The van der Waals surface area contributed by atoms with Crippen LogP contribution in [0.4, 0.5) is 32.4 Å². The van der Waals surface area contributed by atoms with E-state index in [1.165, 1.54) is 30.3 Å². The first-order chi connectivity index (χ1) is 16.7. The Morgan fingerprint density at radius 1 is 0.857 bits per heavy atom. The van der Waals surface area contributed by atoms with Crippen LogP contribution in [-0.2, 0) is 6.54 Å². The lowest BCUT2D eigenvalue weighted by molar-refractivity contribution is 0.139. The molecule has 182 valence electrons. The quantitative estimate of drug-likeness (QED) is 0.319. The molecule has 0 spiro atoms. The van der Waals surface area contributed by atoms with Gasteiger partial charge in [0.25, 0.3) is 5.56 Å². The second-order valence-corrected chi connectivity index (χ2v) is 8.56. The predicted octanol–water partition coefficient (Wildman–Crippen LogP) is 4.99. The van der Waals surface area contributed by atoms with Crippen LogP contribution in [0.5, 0.6) is 11.5 Å². The molecular formula is C24H18F5N3O3. The van der Waals surface area contributed by atoms with Gasteiger partial charge >= 0.3 is 6.03 Å². The maximum atomic E-state index is 13.8. The topological polar surface area (TPSA) is 63.6 Å². The van der Waals surface area contributed by atoms with E-state index in [1.54, 1.807) is 15.5 Å². The van der Waals surface area contributed by atoms with Crippen LogP contribution in [0.2, 0.25) is 0 Å². The number of aromatic nitrogens is 1.